The lowest BCUT2D eigenvalue weighted by Crippen LogP contribution is -2.32. The first kappa shape index (κ1) is 16.1. The SMILES string of the molecule is C=C(C)CN1C(=O)C(C)SC1=NN=C1SC(O)C(=O)N1C. The molecule has 2 rings (SSSR count). The van der Waals surface area contributed by atoms with Crippen molar-refractivity contribution in [3.63, 3.8) is 0 Å². The Labute approximate surface area is 131 Å². The van der Waals surface area contributed by atoms with Gasteiger partial charge in [-0.25, -0.2) is 0 Å². The van der Waals surface area contributed by atoms with E-state index in [1.807, 2.05) is 6.92 Å². The van der Waals surface area contributed by atoms with Crippen LogP contribution in [0, 0.1) is 0 Å². The van der Waals surface area contributed by atoms with Crippen molar-refractivity contribution < 1.29 is 14.7 Å². The lowest BCUT2D eigenvalue weighted by atomic mass is 10.3. The van der Waals surface area contributed by atoms with Crippen molar-refractivity contribution in [2.24, 2.45) is 10.2 Å². The van der Waals surface area contributed by atoms with E-state index in [1.54, 1.807) is 6.92 Å². The molecule has 0 aromatic rings. The van der Waals surface area contributed by atoms with E-state index < -0.39 is 11.3 Å². The fourth-order valence-corrected chi connectivity index (χ4v) is 3.45. The maximum Gasteiger partial charge on any atom is 0.268 e. The number of nitrogens with zero attached hydrogens (tertiary/aromatic N) is 4. The second kappa shape index (κ2) is 6.20. The molecule has 21 heavy (non-hydrogen) atoms. The maximum absolute atomic E-state index is 12.0. The molecule has 1 N–H and O–H groups in total. The van der Waals surface area contributed by atoms with Gasteiger partial charge in [0.2, 0.25) is 5.91 Å². The molecule has 114 valence electrons. The summed E-state index contributed by atoms with van der Waals surface area (Å²) in [5.74, 6) is -0.466. The van der Waals surface area contributed by atoms with Crippen LogP contribution in [0.3, 0.4) is 0 Å². The predicted octanol–water partition coefficient (Wildman–Crippen LogP) is 0.677. The van der Waals surface area contributed by atoms with E-state index in [-0.39, 0.29) is 11.2 Å². The van der Waals surface area contributed by atoms with E-state index in [2.05, 4.69) is 16.8 Å². The number of aliphatic hydroxyl groups excluding tert-OH is 1. The lowest BCUT2D eigenvalue weighted by molar-refractivity contribution is -0.130. The number of amidine groups is 2. The second-order valence-corrected chi connectivity index (χ2v) is 7.13. The van der Waals surface area contributed by atoms with Gasteiger partial charge in [-0.15, -0.1) is 10.2 Å². The van der Waals surface area contributed by atoms with E-state index >= 15 is 0 Å². The molecular weight excluding hydrogens is 312 g/mol. The normalized spacial score (nSPS) is 30.1. The highest BCUT2D eigenvalue weighted by Crippen LogP contribution is 2.28. The van der Waals surface area contributed by atoms with Gasteiger partial charge in [-0.05, 0) is 25.6 Å². The molecule has 2 unspecified atom stereocenters. The van der Waals surface area contributed by atoms with Crippen LogP contribution in [0.25, 0.3) is 0 Å². The predicted molar refractivity (Wildman–Crippen MR) is 84.8 cm³/mol. The van der Waals surface area contributed by atoms with Crippen molar-refractivity contribution in [1.82, 2.24) is 9.80 Å². The summed E-state index contributed by atoms with van der Waals surface area (Å²) in [6.45, 7) is 7.83. The van der Waals surface area contributed by atoms with Gasteiger partial charge in [0, 0.05) is 13.6 Å². The number of likely N-dealkylation sites (N-methyl/N-ethyl adjacent to an activating group) is 1. The highest BCUT2D eigenvalue weighted by Gasteiger charge is 2.36. The second-order valence-electron chi connectivity index (χ2n) is 4.77. The van der Waals surface area contributed by atoms with Crippen molar-refractivity contribution in [3.8, 4) is 0 Å². The average Bonchev–Trinajstić information content (AvgIpc) is 2.81. The molecule has 7 nitrogen and oxygen atoms in total. The summed E-state index contributed by atoms with van der Waals surface area (Å²) in [4.78, 5) is 26.3. The van der Waals surface area contributed by atoms with Crippen molar-refractivity contribution >= 4 is 45.7 Å². The van der Waals surface area contributed by atoms with Crippen LogP contribution in [-0.2, 0) is 9.59 Å². The summed E-state index contributed by atoms with van der Waals surface area (Å²) in [5.41, 5.74) is -0.298. The molecule has 2 aliphatic rings. The first-order chi connectivity index (χ1) is 9.81. The molecular formula is C12H16N4O3S2. The third-order valence-corrected chi connectivity index (χ3v) is 4.88. The van der Waals surface area contributed by atoms with Crippen LogP contribution in [0.5, 0.6) is 0 Å². The highest BCUT2D eigenvalue weighted by atomic mass is 32.2. The van der Waals surface area contributed by atoms with Gasteiger partial charge in [0.05, 0.1) is 5.25 Å². The highest BCUT2D eigenvalue weighted by molar-refractivity contribution is 8.15. The van der Waals surface area contributed by atoms with Gasteiger partial charge in [-0.2, -0.15) is 0 Å². The van der Waals surface area contributed by atoms with Crippen LogP contribution >= 0.6 is 23.5 Å². The Morgan fingerprint density at radius 2 is 1.90 bits per heavy atom. The lowest BCUT2D eigenvalue weighted by Gasteiger charge is -2.15. The van der Waals surface area contributed by atoms with E-state index in [9.17, 15) is 14.7 Å². The van der Waals surface area contributed by atoms with E-state index in [4.69, 9.17) is 0 Å². The topological polar surface area (TPSA) is 85.6 Å². The average molecular weight is 328 g/mol. The molecule has 2 saturated heterocycles. The summed E-state index contributed by atoms with van der Waals surface area (Å²) in [6.07, 6.45) is 0. The first-order valence-corrected chi connectivity index (χ1v) is 7.97. The Morgan fingerprint density at radius 1 is 1.29 bits per heavy atom. The quantitative estimate of drug-likeness (QED) is 0.608. The molecule has 2 heterocycles. The molecule has 0 saturated carbocycles. The molecule has 9 heteroatoms. The molecule has 0 radical (unpaired) electrons. The van der Waals surface area contributed by atoms with Gasteiger partial charge in [0.1, 0.15) is 0 Å². The van der Waals surface area contributed by atoms with E-state index in [0.29, 0.717) is 16.9 Å². The largest absolute Gasteiger partial charge is 0.373 e. The number of aliphatic hydroxyl groups is 1. The number of carbonyl (C=O) groups is 2. The summed E-state index contributed by atoms with van der Waals surface area (Å²) in [5, 5.41) is 18.1. The molecule has 0 spiro atoms. The summed E-state index contributed by atoms with van der Waals surface area (Å²) in [7, 11) is 1.52. The molecule has 2 atom stereocenters. The zero-order valence-corrected chi connectivity index (χ0v) is 13.6. The summed E-state index contributed by atoms with van der Waals surface area (Å²) < 4.78 is 0. The minimum Gasteiger partial charge on any atom is -0.373 e. The molecule has 2 aliphatic heterocycles. The fraction of sp³-hybridized carbons (Fsp3) is 0.500. The van der Waals surface area contributed by atoms with Gasteiger partial charge in [0.25, 0.3) is 5.91 Å². The molecule has 0 aromatic heterocycles. The Kier molecular flexibility index (Phi) is 4.74. The number of hydrogen-bond acceptors (Lipinski definition) is 7. The smallest absolute Gasteiger partial charge is 0.268 e. The Hall–Kier alpha value is -1.32. The van der Waals surface area contributed by atoms with Crippen LogP contribution in [0.2, 0.25) is 0 Å². The van der Waals surface area contributed by atoms with Crippen LogP contribution in [-0.4, -0.2) is 61.3 Å². The van der Waals surface area contributed by atoms with Crippen LogP contribution in [0.4, 0.5) is 0 Å². The van der Waals surface area contributed by atoms with Gasteiger partial charge >= 0.3 is 0 Å². The third kappa shape index (κ3) is 3.30. The van der Waals surface area contributed by atoms with E-state index in [1.165, 1.54) is 28.6 Å². The summed E-state index contributed by atoms with van der Waals surface area (Å²) in [6, 6.07) is 0. The van der Waals surface area contributed by atoms with Crippen LogP contribution < -0.4 is 0 Å². The number of hydrogen-bond donors (Lipinski definition) is 1. The molecule has 2 amide bonds. The number of amides is 2. The number of rotatable bonds is 3. The zero-order chi connectivity index (χ0) is 15.7. The number of thioether (sulfide) groups is 2. The van der Waals surface area contributed by atoms with Gasteiger partial charge in [-0.3, -0.25) is 19.4 Å². The summed E-state index contributed by atoms with van der Waals surface area (Å²) >= 11 is 2.24. The molecule has 0 aromatic carbocycles. The van der Waals surface area contributed by atoms with Gasteiger partial charge < -0.3 is 5.11 Å². The molecule has 0 bridgehead atoms. The molecule has 0 aliphatic carbocycles. The van der Waals surface area contributed by atoms with Crippen molar-refractivity contribution in [1.29, 1.82) is 0 Å². The minimum atomic E-state index is -1.14. The Bertz CT molecular complexity index is 561. The monoisotopic (exact) mass is 328 g/mol. The van der Waals surface area contributed by atoms with Crippen LogP contribution in [0.1, 0.15) is 13.8 Å². The first-order valence-electron chi connectivity index (χ1n) is 6.21. The van der Waals surface area contributed by atoms with Crippen molar-refractivity contribution in [3.05, 3.63) is 12.2 Å². The van der Waals surface area contributed by atoms with Gasteiger partial charge in [-0.1, -0.05) is 23.9 Å². The Morgan fingerprint density at radius 3 is 2.43 bits per heavy atom. The maximum atomic E-state index is 12.0. The van der Waals surface area contributed by atoms with Crippen molar-refractivity contribution in [2.75, 3.05) is 13.6 Å². The van der Waals surface area contributed by atoms with E-state index in [0.717, 1.165) is 17.3 Å². The zero-order valence-electron chi connectivity index (χ0n) is 11.9. The number of carbonyl (C=O) groups excluding carboxylic acids is 2. The fourth-order valence-electron chi connectivity index (χ4n) is 1.74. The Balaban J connectivity index is 2.21. The van der Waals surface area contributed by atoms with Crippen LogP contribution in [0.15, 0.2) is 22.4 Å². The minimum absolute atomic E-state index is 0.0366. The van der Waals surface area contributed by atoms with Crippen molar-refractivity contribution in [2.45, 2.75) is 24.5 Å². The van der Waals surface area contributed by atoms with Gasteiger partial charge in [0.15, 0.2) is 15.8 Å². The third-order valence-electron chi connectivity index (χ3n) is 2.82. The standard InChI is InChI=1S/C12H16N4O3S2/c1-6(2)5-16-8(17)7(3)20-12(16)14-13-11-15(4)9(18)10(19)21-11/h7,10,19H,1,5H2,2-4H3. The molecule has 2 fully saturated rings.